The first kappa shape index (κ1) is 18.6. The van der Waals surface area contributed by atoms with Crippen LogP contribution in [0.5, 0.6) is 0 Å². The van der Waals surface area contributed by atoms with Crippen LogP contribution in [0.1, 0.15) is 25.3 Å². The molecule has 1 aliphatic rings. The van der Waals surface area contributed by atoms with Crippen molar-refractivity contribution in [3.63, 3.8) is 0 Å². The summed E-state index contributed by atoms with van der Waals surface area (Å²) >= 11 is 8.61. The molecule has 1 heterocycles. The summed E-state index contributed by atoms with van der Waals surface area (Å²) in [4.78, 5) is 17.1. The molecule has 8 heteroatoms. The Morgan fingerprint density at radius 1 is 1.40 bits per heavy atom. The molecular weight excluding hydrogens is 372 g/mol. The van der Waals surface area contributed by atoms with Crippen molar-refractivity contribution in [1.82, 2.24) is 14.7 Å². The lowest BCUT2D eigenvalue weighted by molar-refractivity contribution is -0.116. The van der Waals surface area contributed by atoms with Gasteiger partial charge in [0.25, 0.3) is 0 Å². The van der Waals surface area contributed by atoms with E-state index in [2.05, 4.69) is 40.5 Å². The number of carbonyl (C=O) groups excluding carboxylic acids is 1. The van der Waals surface area contributed by atoms with E-state index in [0.29, 0.717) is 16.7 Å². The predicted octanol–water partition coefficient (Wildman–Crippen LogP) is 4.00. The Morgan fingerprint density at radius 2 is 2.08 bits per heavy atom. The van der Waals surface area contributed by atoms with Crippen molar-refractivity contribution in [2.24, 2.45) is 0 Å². The van der Waals surface area contributed by atoms with Gasteiger partial charge >= 0.3 is 0 Å². The molecule has 1 aromatic heterocycles. The third-order valence-electron chi connectivity index (χ3n) is 4.04. The van der Waals surface area contributed by atoms with Gasteiger partial charge in [-0.15, -0.1) is 16.9 Å². The van der Waals surface area contributed by atoms with Crippen molar-refractivity contribution in [2.75, 3.05) is 18.2 Å². The van der Waals surface area contributed by atoms with Crippen LogP contribution in [0.2, 0.25) is 0 Å². The molecule has 0 bridgehead atoms. The molecule has 0 atom stereocenters. The van der Waals surface area contributed by atoms with Crippen LogP contribution in [-0.4, -0.2) is 39.9 Å². The summed E-state index contributed by atoms with van der Waals surface area (Å²) in [5.41, 5.74) is 1.26. The first-order valence-corrected chi connectivity index (χ1v) is 10.6. The van der Waals surface area contributed by atoms with Gasteiger partial charge in [-0.3, -0.25) is 14.6 Å². The van der Waals surface area contributed by atoms with Gasteiger partial charge in [0.05, 0.1) is 6.67 Å². The smallest absolute Gasteiger partial charge is 0.225 e. The zero-order chi connectivity index (χ0) is 18.0. The van der Waals surface area contributed by atoms with Crippen LogP contribution in [0.4, 0.5) is 5.13 Å². The van der Waals surface area contributed by atoms with E-state index in [0.717, 1.165) is 24.5 Å². The highest BCUT2D eigenvalue weighted by atomic mass is 32.2. The van der Waals surface area contributed by atoms with E-state index in [1.54, 1.807) is 23.6 Å². The fourth-order valence-electron chi connectivity index (χ4n) is 2.68. The summed E-state index contributed by atoms with van der Waals surface area (Å²) in [6, 6.07) is 8.89. The molecule has 0 spiro atoms. The van der Waals surface area contributed by atoms with Crippen molar-refractivity contribution in [1.29, 1.82) is 0 Å². The van der Waals surface area contributed by atoms with Gasteiger partial charge in [-0.25, -0.2) is 4.68 Å². The number of carbonyl (C=O) groups is 1. The number of aromatic nitrogens is 2. The largest absolute Gasteiger partial charge is 0.284 e. The van der Waals surface area contributed by atoms with E-state index in [1.807, 2.05) is 11.7 Å². The second-order valence-corrected chi connectivity index (χ2v) is 8.75. The van der Waals surface area contributed by atoms with Gasteiger partial charge in [-0.1, -0.05) is 23.5 Å². The maximum atomic E-state index is 11.9. The predicted molar refractivity (Wildman–Crippen MR) is 107 cm³/mol. The van der Waals surface area contributed by atoms with Crippen LogP contribution in [-0.2, 0) is 18.0 Å². The van der Waals surface area contributed by atoms with Gasteiger partial charge in [0.2, 0.25) is 11.0 Å². The Labute approximate surface area is 161 Å². The van der Waals surface area contributed by atoms with E-state index in [-0.39, 0.29) is 5.91 Å². The van der Waals surface area contributed by atoms with Crippen LogP contribution in [0.3, 0.4) is 0 Å². The Morgan fingerprint density at radius 3 is 2.64 bits per heavy atom. The zero-order valence-corrected chi connectivity index (χ0v) is 17.1. The molecule has 3 rings (SSSR count). The molecule has 0 saturated heterocycles. The number of anilines is 1. The third-order valence-corrected chi connectivity index (χ3v) is 6.09. The van der Waals surface area contributed by atoms with Crippen molar-refractivity contribution in [3.8, 4) is 0 Å². The maximum absolute atomic E-state index is 11.9. The quantitative estimate of drug-likeness (QED) is 0.524. The minimum Gasteiger partial charge on any atom is -0.284 e. The minimum absolute atomic E-state index is 0.0423. The molecule has 25 heavy (non-hydrogen) atoms. The number of hydrogen-bond donors (Lipinski definition) is 0. The van der Waals surface area contributed by atoms with Gasteiger partial charge in [-0.2, -0.15) is 0 Å². The molecule has 0 unspecified atom stereocenters. The van der Waals surface area contributed by atoms with Gasteiger partial charge in [0.1, 0.15) is 0 Å². The number of amides is 1. The van der Waals surface area contributed by atoms with E-state index in [9.17, 15) is 4.79 Å². The summed E-state index contributed by atoms with van der Waals surface area (Å²) < 4.78 is 2.51. The summed E-state index contributed by atoms with van der Waals surface area (Å²) in [6.45, 7) is 3.02. The maximum Gasteiger partial charge on any atom is 0.225 e. The number of hydrogen-bond acceptors (Lipinski definition) is 6. The topological polar surface area (TPSA) is 41.4 Å². The second kappa shape index (κ2) is 7.99. The molecule has 1 fully saturated rings. The lowest BCUT2D eigenvalue weighted by Crippen LogP contribution is -2.31. The van der Waals surface area contributed by atoms with Crippen LogP contribution in [0, 0.1) is 3.95 Å². The number of benzene rings is 1. The van der Waals surface area contributed by atoms with Gasteiger partial charge in [0.15, 0.2) is 3.95 Å². The molecule has 5 nitrogen and oxygen atoms in total. The van der Waals surface area contributed by atoms with E-state index < -0.39 is 0 Å². The molecule has 0 radical (unpaired) electrons. The fraction of sp³-hybridized carbons (Fsp3) is 0.471. The van der Waals surface area contributed by atoms with Gasteiger partial charge < -0.3 is 0 Å². The fourth-order valence-corrected chi connectivity index (χ4v) is 4.29. The van der Waals surface area contributed by atoms with Crippen molar-refractivity contribution < 1.29 is 4.79 Å². The summed E-state index contributed by atoms with van der Waals surface area (Å²) in [5, 5.41) is 5.31. The summed E-state index contributed by atoms with van der Waals surface area (Å²) in [7, 11) is 2.05. The van der Waals surface area contributed by atoms with Crippen molar-refractivity contribution >= 4 is 46.4 Å². The van der Waals surface area contributed by atoms with Gasteiger partial charge in [0, 0.05) is 24.4 Å². The second-order valence-electron chi connectivity index (χ2n) is 6.27. The number of rotatable bonds is 7. The number of nitrogens with zero attached hydrogens (tertiary/aromatic N) is 4. The van der Waals surface area contributed by atoms with E-state index in [4.69, 9.17) is 12.2 Å². The van der Waals surface area contributed by atoms with Crippen LogP contribution in [0.25, 0.3) is 0 Å². The Balaban J connectivity index is 1.67. The normalized spacial score (nSPS) is 14.1. The molecule has 1 aliphatic carbocycles. The van der Waals surface area contributed by atoms with Crippen LogP contribution in [0.15, 0.2) is 29.2 Å². The highest BCUT2D eigenvalue weighted by molar-refractivity contribution is 7.98. The van der Waals surface area contributed by atoms with Crippen molar-refractivity contribution in [3.05, 3.63) is 33.8 Å². The lowest BCUT2D eigenvalue weighted by atomic mass is 10.2. The third kappa shape index (κ3) is 4.69. The molecule has 1 aromatic carbocycles. The lowest BCUT2D eigenvalue weighted by Gasteiger charge is -2.18. The number of thioether (sulfide) groups is 1. The summed E-state index contributed by atoms with van der Waals surface area (Å²) in [5.74, 6) is 0.0423. The highest BCUT2D eigenvalue weighted by Crippen LogP contribution is 2.33. The Hall–Kier alpha value is -1.22. The first-order chi connectivity index (χ1) is 12.0. The average molecular weight is 395 g/mol. The van der Waals surface area contributed by atoms with E-state index in [1.165, 1.54) is 21.8 Å². The zero-order valence-electron chi connectivity index (χ0n) is 14.6. The monoisotopic (exact) mass is 394 g/mol. The molecular formula is C17H22N4OS3. The highest BCUT2D eigenvalue weighted by Gasteiger charge is 2.34. The minimum atomic E-state index is 0.0423. The molecule has 1 saturated carbocycles. The SMILES string of the molecule is CSc1ccc(CN(C)Cn2nc(N(C(C)=O)C3CC3)sc2=S)cc1. The molecule has 0 aliphatic heterocycles. The van der Waals surface area contributed by atoms with Gasteiger partial charge in [-0.05, 0) is 56.1 Å². The molecule has 1 amide bonds. The Kier molecular flexibility index (Phi) is 5.93. The first-order valence-electron chi connectivity index (χ1n) is 8.17. The molecule has 2 aromatic rings. The van der Waals surface area contributed by atoms with Crippen LogP contribution >= 0.6 is 35.3 Å². The molecule has 0 N–H and O–H groups in total. The van der Waals surface area contributed by atoms with E-state index >= 15 is 0 Å². The van der Waals surface area contributed by atoms with Crippen molar-refractivity contribution in [2.45, 2.75) is 43.9 Å². The molecule has 134 valence electrons. The Bertz CT molecular complexity index is 795. The average Bonchev–Trinajstić information content (AvgIpc) is 3.33. The van der Waals surface area contributed by atoms with Crippen LogP contribution < -0.4 is 4.90 Å². The standard InChI is InChI=1S/C17H22N4OS3/c1-12(22)21(14-6-7-14)16-18-20(17(23)25-16)11-19(2)10-13-4-8-15(24-3)9-5-13/h4-5,8-9,14H,6-7,10-11H2,1-3H3. The summed E-state index contributed by atoms with van der Waals surface area (Å²) in [6.07, 6.45) is 4.18.